The Bertz CT molecular complexity index is 144. The van der Waals surface area contributed by atoms with Crippen LogP contribution in [0.4, 0.5) is 0 Å². The third-order valence-corrected chi connectivity index (χ3v) is 2.29. The summed E-state index contributed by atoms with van der Waals surface area (Å²) in [6.45, 7) is 7.29. The van der Waals surface area contributed by atoms with Gasteiger partial charge >= 0.3 is 0 Å². The molecule has 0 bridgehead atoms. The van der Waals surface area contributed by atoms with Gasteiger partial charge in [0.25, 0.3) is 0 Å². The summed E-state index contributed by atoms with van der Waals surface area (Å²) in [7, 11) is 0. The van der Waals surface area contributed by atoms with E-state index in [-0.39, 0.29) is 0 Å². The lowest BCUT2D eigenvalue weighted by Gasteiger charge is -2.13. The van der Waals surface area contributed by atoms with Crippen LogP contribution in [0.5, 0.6) is 0 Å². The average Bonchev–Trinajstić information content (AvgIpc) is 2.31. The van der Waals surface area contributed by atoms with E-state index in [1.807, 2.05) is 0 Å². The molecule has 1 saturated heterocycles. The second-order valence-corrected chi connectivity index (χ2v) is 3.65. The maximum atomic E-state index is 10.7. The zero-order chi connectivity index (χ0) is 8.27. The van der Waals surface area contributed by atoms with E-state index in [9.17, 15) is 4.79 Å². The molecule has 0 N–H and O–H groups in total. The summed E-state index contributed by atoms with van der Waals surface area (Å²) in [5.74, 6) is 1.14. The molecule has 0 amide bonds. The molecule has 0 aliphatic carbocycles. The highest BCUT2D eigenvalue weighted by molar-refractivity contribution is 5.75. The van der Waals surface area contributed by atoms with Gasteiger partial charge in [0.1, 0.15) is 5.78 Å². The molecule has 2 nitrogen and oxygen atoms in total. The monoisotopic (exact) mass is 155 g/mol. The molecule has 2 heteroatoms. The predicted octanol–water partition coefficient (Wildman–Crippen LogP) is 1.31. The van der Waals surface area contributed by atoms with E-state index in [1.54, 1.807) is 6.92 Å². The van der Waals surface area contributed by atoms with Gasteiger partial charge in [-0.15, -0.1) is 0 Å². The first kappa shape index (κ1) is 8.72. The van der Waals surface area contributed by atoms with Gasteiger partial charge in [-0.1, -0.05) is 6.92 Å². The summed E-state index contributed by atoms with van der Waals surface area (Å²) in [4.78, 5) is 13.0. The summed E-state index contributed by atoms with van der Waals surface area (Å²) in [5, 5.41) is 0. The second-order valence-electron chi connectivity index (χ2n) is 3.65. The Balaban J connectivity index is 2.13. The number of Topliss-reactive ketones (excluding diaryl/α,β-unsaturated/α-hetero) is 1. The minimum Gasteiger partial charge on any atom is -0.303 e. The summed E-state index contributed by atoms with van der Waals surface area (Å²) in [6, 6.07) is 0. The molecule has 1 aliphatic rings. The van der Waals surface area contributed by atoms with E-state index in [1.165, 1.54) is 19.5 Å². The molecule has 64 valence electrons. The minimum absolute atomic E-state index is 0.310. The Kier molecular flexibility index (Phi) is 3.06. The quantitative estimate of drug-likeness (QED) is 0.612. The minimum atomic E-state index is 0.310. The second kappa shape index (κ2) is 3.86. The van der Waals surface area contributed by atoms with Gasteiger partial charge in [-0.25, -0.2) is 0 Å². The largest absolute Gasteiger partial charge is 0.303 e. The number of hydrogen-bond donors (Lipinski definition) is 0. The third kappa shape index (κ3) is 3.02. The molecule has 1 fully saturated rings. The highest BCUT2D eigenvalue weighted by Gasteiger charge is 2.17. The lowest BCUT2D eigenvalue weighted by atomic mass is 10.2. The van der Waals surface area contributed by atoms with Crippen molar-refractivity contribution in [1.82, 2.24) is 4.90 Å². The Hall–Kier alpha value is -0.370. The van der Waals surface area contributed by atoms with Crippen LogP contribution in [0.15, 0.2) is 0 Å². The molecule has 0 spiro atoms. The number of carbonyl (C=O) groups is 1. The Morgan fingerprint density at radius 1 is 1.64 bits per heavy atom. The standard InChI is InChI=1S/C9H17NO/c1-8-3-5-10(7-8)6-4-9(2)11/h8H,3-7H2,1-2H3. The highest BCUT2D eigenvalue weighted by atomic mass is 16.1. The Labute approximate surface area is 68.6 Å². The molecule has 0 saturated carbocycles. The van der Waals surface area contributed by atoms with Crippen LogP contribution < -0.4 is 0 Å². The SMILES string of the molecule is CC(=O)CCN1CCC(C)C1. The molecule has 1 aliphatic heterocycles. The Morgan fingerprint density at radius 3 is 2.82 bits per heavy atom. The van der Waals surface area contributed by atoms with Gasteiger partial charge in [-0.05, 0) is 25.8 Å². The van der Waals surface area contributed by atoms with Crippen molar-refractivity contribution in [3.63, 3.8) is 0 Å². The van der Waals surface area contributed by atoms with E-state index in [2.05, 4.69) is 11.8 Å². The molecule has 0 aromatic carbocycles. The van der Waals surface area contributed by atoms with E-state index >= 15 is 0 Å². The van der Waals surface area contributed by atoms with Gasteiger partial charge in [0.2, 0.25) is 0 Å². The van der Waals surface area contributed by atoms with Crippen molar-refractivity contribution in [2.75, 3.05) is 19.6 Å². The smallest absolute Gasteiger partial charge is 0.131 e. The van der Waals surface area contributed by atoms with E-state index in [0.717, 1.165) is 18.9 Å². The van der Waals surface area contributed by atoms with Crippen LogP contribution in [0.1, 0.15) is 26.7 Å². The third-order valence-electron chi connectivity index (χ3n) is 2.29. The summed E-state index contributed by atoms with van der Waals surface area (Å²) in [5.41, 5.74) is 0. The number of rotatable bonds is 3. The van der Waals surface area contributed by atoms with Crippen molar-refractivity contribution >= 4 is 5.78 Å². The van der Waals surface area contributed by atoms with Gasteiger partial charge < -0.3 is 4.90 Å². The molecular formula is C9H17NO. The molecule has 1 rings (SSSR count). The summed E-state index contributed by atoms with van der Waals surface area (Å²) in [6.07, 6.45) is 2.03. The lowest BCUT2D eigenvalue weighted by molar-refractivity contribution is -0.117. The topological polar surface area (TPSA) is 20.3 Å². The fourth-order valence-corrected chi connectivity index (χ4v) is 1.54. The number of nitrogens with zero attached hydrogens (tertiary/aromatic N) is 1. The predicted molar refractivity (Wildman–Crippen MR) is 45.5 cm³/mol. The van der Waals surface area contributed by atoms with Gasteiger partial charge in [0, 0.05) is 19.5 Å². The van der Waals surface area contributed by atoms with Crippen molar-refractivity contribution in [2.24, 2.45) is 5.92 Å². The Morgan fingerprint density at radius 2 is 2.36 bits per heavy atom. The van der Waals surface area contributed by atoms with Gasteiger partial charge in [0.05, 0.1) is 0 Å². The molecule has 11 heavy (non-hydrogen) atoms. The lowest BCUT2D eigenvalue weighted by Crippen LogP contribution is -2.22. The van der Waals surface area contributed by atoms with E-state index < -0.39 is 0 Å². The summed E-state index contributed by atoms with van der Waals surface area (Å²) >= 11 is 0. The van der Waals surface area contributed by atoms with Crippen LogP contribution in [0, 0.1) is 5.92 Å². The first-order valence-electron chi connectivity index (χ1n) is 4.40. The number of hydrogen-bond acceptors (Lipinski definition) is 2. The zero-order valence-corrected chi connectivity index (χ0v) is 7.47. The van der Waals surface area contributed by atoms with Crippen LogP contribution in [0.2, 0.25) is 0 Å². The van der Waals surface area contributed by atoms with Gasteiger partial charge in [-0.2, -0.15) is 0 Å². The highest BCUT2D eigenvalue weighted by Crippen LogP contribution is 2.14. The maximum absolute atomic E-state index is 10.7. The molecule has 1 unspecified atom stereocenters. The average molecular weight is 155 g/mol. The number of likely N-dealkylation sites (tertiary alicyclic amines) is 1. The summed E-state index contributed by atoms with van der Waals surface area (Å²) < 4.78 is 0. The van der Waals surface area contributed by atoms with Gasteiger partial charge in [0.15, 0.2) is 0 Å². The molecular weight excluding hydrogens is 138 g/mol. The molecule has 0 aromatic heterocycles. The van der Waals surface area contributed by atoms with Crippen LogP contribution in [-0.4, -0.2) is 30.3 Å². The number of carbonyl (C=O) groups excluding carboxylic acids is 1. The van der Waals surface area contributed by atoms with Crippen molar-refractivity contribution in [2.45, 2.75) is 26.7 Å². The fraction of sp³-hybridized carbons (Fsp3) is 0.889. The molecule has 1 atom stereocenters. The first-order chi connectivity index (χ1) is 5.18. The van der Waals surface area contributed by atoms with E-state index in [0.29, 0.717) is 5.78 Å². The molecule has 1 heterocycles. The van der Waals surface area contributed by atoms with Gasteiger partial charge in [-0.3, -0.25) is 4.79 Å². The van der Waals surface area contributed by atoms with Crippen molar-refractivity contribution < 1.29 is 4.79 Å². The molecule has 0 radical (unpaired) electrons. The zero-order valence-electron chi connectivity index (χ0n) is 7.47. The van der Waals surface area contributed by atoms with Crippen LogP contribution >= 0.6 is 0 Å². The fourth-order valence-electron chi connectivity index (χ4n) is 1.54. The van der Waals surface area contributed by atoms with Crippen LogP contribution in [0.3, 0.4) is 0 Å². The number of ketones is 1. The van der Waals surface area contributed by atoms with Crippen molar-refractivity contribution in [1.29, 1.82) is 0 Å². The normalized spacial score (nSPS) is 25.8. The van der Waals surface area contributed by atoms with Crippen LogP contribution in [0.25, 0.3) is 0 Å². The maximum Gasteiger partial charge on any atom is 0.131 e. The van der Waals surface area contributed by atoms with Crippen molar-refractivity contribution in [3.05, 3.63) is 0 Å². The van der Waals surface area contributed by atoms with Crippen molar-refractivity contribution in [3.8, 4) is 0 Å². The van der Waals surface area contributed by atoms with Crippen LogP contribution in [-0.2, 0) is 4.79 Å². The molecule has 0 aromatic rings. The first-order valence-corrected chi connectivity index (χ1v) is 4.40. The van der Waals surface area contributed by atoms with E-state index in [4.69, 9.17) is 0 Å².